The van der Waals surface area contributed by atoms with Crippen molar-refractivity contribution >= 4 is 0 Å². The van der Waals surface area contributed by atoms with Crippen LogP contribution < -0.4 is 15.4 Å². The first-order valence-electron chi connectivity index (χ1n) is 12.0. The third kappa shape index (κ3) is 8.01. The maximum atomic E-state index is 10.2. The normalized spacial score (nSPS) is 13.3. The molecule has 2 atom stereocenters. The van der Waals surface area contributed by atoms with Crippen molar-refractivity contribution in [1.82, 2.24) is 10.6 Å². The maximum absolute atomic E-state index is 10.2. The first-order valence-corrected chi connectivity index (χ1v) is 12.0. The second-order valence-corrected chi connectivity index (χ2v) is 8.90. The Morgan fingerprint density at radius 1 is 0.758 bits per heavy atom. The monoisotopic (exact) mass is 446 g/mol. The summed E-state index contributed by atoms with van der Waals surface area (Å²) < 4.78 is 5.99. The van der Waals surface area contributed by atoms with Gasteiger partial charge in [-0.25, -0.2) is 0 Å². The van der Waals surface area contributed by atoms with Crippen molar-refractivity contribution in [3.63, 3.8) is 0 Å². The Bertz CT molecular complexity index is 891. The van der Waals surface area contributed by atoms with Crippen LogP contribution in [0.15, 0.2) is 84.9 Å². The summed E-state index contributed by atoms with van der Waals surface area (Å²) in [5.74, 6) is 1.17. The minimum Gasteiger partial charge on any atom is -0.490 e. The number of aliphatic hydroxyl groups excluding tert-OH is 1. The Morgan fingerprint density at radius 3 is 1.94 bits per heavy atom. The first kappa shape index (κ1) is 25.0. The molecule has 4 nitrogen and oxygen atoms in total. The zero-order valence-corrected chi connectivity index (χ0v) is 20.1. The molecule has 0 aliphatic heterocycles. The van der Waals surface area contributed by atoms with Crippen molar-refractivity contribution in [2.45, 2.75) is 51.3 Å². The molecule has 0 aliphatic rings. The van der Waals surface area contributed by atoms with Crippen molar-refractivity contribution in [3.8, 4) is 5.75 Å². The van der Waals surface area contributed by atoms with Crippen molar-refractivity contribution < 1.29 is 9.84 Å². The lowest BCUT2D eigenvalue weighted by Crippen LogP contribution is -2.35. The SMILES string of the molecule is CC(C)NC[C@@H](O)COc1ccccc1[C@@H](C)NCCC(c1ccccc1)c1ccccc1. The molecule has 0 aromatic heterocycles. The summed E-state index contributed by atoms with van der Waals surface area (Å²) in [4.78, 5) is 0. The van der Waals surface area contributed by atoms with E-state index in [1.165, 1.54) is 11.1 Å². The minimum atomic E-state index is -0.541. The zero-order valence-electron chi connectivity index (χ0n) is 20.1. The summed E-state index contributed by atoms with van der Waals surface area (Å²) in [7, 11) is 0. The summed E-state index contributed by atoms with van der Waals surface area (Å²) in [6, 6.07) is 30.0. The van der Waals surface area contributed by atoms with Crippen LogP contribution in [0, 0.1) is 0 Å². The Labute approximate surface area is 199 Å². The summed E-state index contributed by atoms with van der Waals surface area (Å²) in [5, 5.41) is 17.1. The lowest BCUT2D eigenvalue weighted by molar-refractivity contribution is 0.104. The van der Waals surface area contributed by atoms with E-state index < -0.39 is 6.10 Å². The fourth-order valence-corrected chi connectivity index (χ4v) is 4.04. The van der Waals surface area contributed by atoms with Gasteiger partial charge in [-0.05, 0) is 37.1 Å². The number of ether oxygens (including phenoxy) is 1. The van der Waals surface area contributed by atoms with E-state index in [1.54, 1.807) is 0 Å². The molecule has 3 aromatic rings. The highest BCUT2D eigenvalue weighted by Gasteiger charge is 2.16. The van der Waals surface area contributed by atoms with Crippen molar-refractivity contribution in [3.05, 3.63) is 102 Å². The Hall–Kier alpha value is -2.66. The zero-order chi connectivity index (χ0) is 23.5. The molecule has 3 N–H and O–H groups in total. The number of hydrogen-bond acceptors (Lipinski definition) is 4. The van der Waals surface area contributed by atoms with Crippen LogP contribution in [0.4, 0.5) is 0 Å². The van der Waals surface area contributed by atoms with Gasteiger partial charge in [-0.2, -0.15) is 0 Å². The van der Waals surface area contributed by atoms with Crippen LogP contribution >= 0.6 is 0 Å². The van der Waals surface area contributed by atoms with E-state index in [0.717, 1.165) is 24.3 Å². The van der Waals surface area contributed by atoms with E-state index in [1.807, 2.05) is 18.2 Å². The largest absolute Gasteiger partial charge is 0.490 e. The summed E-state index contributed by atoms with van der Waals surface area (Å²) in [6.45, 7) is 7.97. The first-order chi connectivity index (χ1) is 16.0. The van der Waals surface area contributed by atoms with Gasteiger partial charge in [0.25, 0.3) is 0 Å². The molecule has 3 rings (SSSR count). The van der Waals surface area contributed by atoms with Gasteiger partial charge in [-0.3, -0.25) is 0 Å². The second kappa shape index (κ2) is 13.1. The van der Waals surface area contributed by atoms with Gasteiger partial charge in [-0.15, -0.1) is 0 Å². The molecule has 0 spiro atoms. The molecular weight excluding hydrogens is 408 g/mol. The predicted octanol–water partition coefficient (Wildman–Crippen LogP) is 5.30. The second-order valence-electron chi connectivity index (χ2n) is 8.90. The quantitative estimate of drug-likeness (QED) is 0.334. The summed E-state index contributed by atoms with van der Waals surface area (Å²) in [6.07, 6.45) is 0.460. The van der Waals surface area contributed by atoms with Gasteiger partial charge in [0.05, 0.1) is 0 Å². The highest BCUT2D eigenvalue weighted by atomic mass is 16.5. The van der Waals surface area contributed by atoms with E-state index in [9.17, 15) is 5.11 Å². The highest BCUT2D eigenvalue weighted by molar-refractivity contribution is 5.36. The Kier molecular flexibility index (Phi) is 9.95. The van der Waals surface area contributed by atoms with Gasteiger partial charge in [0.2, 0.25) is 0 Å². The summed E-state index contributed by atoms with van der Waals surface area (Å²) >= 11 is 0. The minimum absolute atomic E-state index is 0.138. The molecular formula is C29H38N2O2. The van der Waals surface area contributed by atoms with Crippen LogP contribution in [0.1, 0.15) is 55.8 Å². The van der Waals surface area contributed by atoms with Gasteiger partial charge in [0.1, 0.15) is 18.5 Å². The highest BCUT2D eigenvalue weighted by Crippen LogP contribution is 2.29. The van der Waals surface area contributed by atoms with Crippen LogP contribution in [-0.4, -0.2) is 36.9 Å². The molecule has 3 aromatic carbocycles. The van der Waals surface area contributed by atoms with Crippen LogP contribution in [0.5, 0.6) is 5.75 Å². The van der Waals surface area contributed by atoms with Crippen molar-refractivity contribution in [1.29, 1.82) is 0 Å². The fourth-order valence-electron chi connectivity index (χ4n) is 4.04. The third-order valence-electron chi connectivity index (χ3n) is 5.87. The fraction of sp³-hybridized carbons (Fsp3) is 0.379. The van der Waals surface area contributed by atoms with Gasteiger partial charge in [-0.1, -0.05) is 92.7 Å². The van der Waals surface area contributed by atoms with E-state index >= 15 is 0 Å². The molecule has 4 heteroatoms. The van der Waals surface area contributed by atoms with E-state index in [-0.39, 0.29) is 12.6 Å². The Balaban J connectivity index is 1.59. The number of aliphatic hydroxyl groups is 1. The van der Waals surface area contributed by atoms with Crippen molar-refractivity contribution in [2.24, 2.45) is 0 Å². The van der Waals surface area contributed by atoms with Gasteiger partial charge >= 0.3 is 0 Å². The molecule has 0 fully saturated rings. The molecule has 33 heavy (non-hydrogen) atoms. The average molecular weight is 447 g/mol. The molecule has 176 valence electrons. The number of hydrogen-bond donors (Lipinski definition) is 3. The average Bonchev–Trinajstić information content (AvgIpc) is 2.85. The van der Waals surface area contributed by atoms with Crippen LogP contribution in [0.25, 0.3) is 0 Å². The molecule has 0 radical (unpaired) electrons. The van der Waals surface area contributed by atoms with Crippen LogP contribution in [-0.2, 0) is 0 Å². The van der Waals surface area contributed by atoms with E-state index in [0.29, 0.717) is 18.5 Å². The number of benzene rings is 3. The summed E-state index contributed by atoms with van der Waals surface area (Å²) in [5.41, 5.74) is 3.79. The topological polar surface area (TPSA) is 53.5 Å². The lowest BCUT2D eigenvalue weighted by atomic mass is 9.88. The van der Waals surface area contributed by atoms with E-state index in [2.05, 4.69) is 98.1 Å². The molecule has 0 saturated heterocycles. The van der Waals surface area contributed by atoms with Crippen LogP contribution in [0.3, 0.4) is 0 Å². The molecule has 0 aliphatic carbocycles. The standard InChI is InChI=1S/C29H38N2O2/c1-22(2)31-20-26(32)21-33-29-17-11-10-16-27(29)23(3)30-19-18-28(24-12-6-4-7-13-24)25-14-8-5-9-15-25/h4-17,22-23,26,28,30-32H,18-21H2,1-3H3/t23-,26-/m1/s1. The van der Waals surface area contributed by atoms with Crippen molar-refractivity contribution in [2.75, 3.05) is 19.7 Å². The molecule has 0 unspecified atom stereocenters. The molecule has 0 saturated carbocycles. The van der Waals surface area contributed by atoms with Gasteiger partial charge < -0.3 is 20.5 Å². The van der Waals surface area contributed by atoms with Gasteiger partial charge in [0, 0.05) is 30.1 Å². The molecule has 0 bridgehead atoms. The molecule has 0 heterocycles. The Morgan fingerprint density at radius 2 is 1.33 bits per heavy atom. The maximum Gasteiger partial charge on any atom is 0.124 e. The number of para-hydroxylation sites is 1. The number of rotatable bonds is 13. The van der Waals surface area contributed by atoms with Gasteiger partial charge in [0.15, 0.2) is 0 Å². The predicted molar refractivity (Wildman–Crippen MR) is 137 cm³/mol. The van der Waals surface area contributed by atoms with Crippen LogP contribution in [0.2, 0.25) is 0 Å². The van der Waals surface area contributed by atoms with E-state index in [4.69, 9.17) is 4.74 Å². The smallest absolute Gasteiger partial charge is 0.124 e. The number of nitrogens with one attached hydrogen (secondary N) is 2. The lowest BCUT2D eigenvalue weighted by Gasteiger charge is -2.22. The third-order valence-corrected chi connectivity index (χ3v) is 5.87. The molecule has 0 amide bonds.